The van der Waals surface area contributed by atoms with E-state index < -0.39 is 5.97 Å². The lowest BCUT2D eigenvalue weighted by Gasteiger charge is -2.33. The molecule has 136 valence electrons. The van der Waals surface area contributed by atoms with Crippen LogP contribution < -0.4 is 0 Å². The van der Waals surface area contributed by atoms with Gasteiger partial charge in [-0.3, -0.25) is 9.69 Å². The van der Waals surface area contributed by atoms with Crippen LogP contribution in [0, 0.1) is 12.8 Å². The Bertz CT molecular complexity index is 796. The van der Waals surface area contributed by atoms with E-state index in [1.54, 1.807) is 11.3 Å². The quantitative estimate of drug-likeness (QED) is 0.902. The Hall–Kier alpha value is -1.47. The zero-order valence-electron chi connectivity index (χ0n) is 15.1. The van der Waals surface area contributed by atoms with Crippen LogP contribution in [0.1, 0.15) is 68.3 Å². The van der Waals surface area contributed by atoms with Gasteiger partial charge in [0.15, 0.2) is 0 Å². The molecule has 3 atom stereocenters. The second kappa shape index (κ2) is 6.36. The molecule has 0 amide bonds. The molecule has 1 aliphatic carbocycles. The summed E-state index contributed by atoms with van der Waals surface area (Å²) in [5.74, 6) is 0.144. The molecule has 0 aromatic carbocycles. The number of aliphatic carboxylic acids is 1. The third-order valence-electron chi connectivity index (χ3n) is 5.81. The van der Waals surface area contributed by atoms with Crippen molar-refractivity contribution < 1.29 is 9.90 Å². The first kappa shape index (κ1) is 17.0. The number of fused-ring (bicyclic) bond motifs is 2. The summed E-state index contributed by atoms with van der Waals surface area (Å²) in [6.07, 6.45) is 5.51. The molecule has 25 heavy (non-hydrogen) atoms. The van der Waals surface area contributed by atoms with E-state index >= 15 is 0 Å². The second-order valence-electron chi connectivity index (χ2n) is 7.79. The second-order valence-corrected chi connectivity index (χ2v) is 8.95. The first-order valence-electron chi connectivity index (χ1n) is 9.29. The van der Waals surface area contributed by atoms with Crippen molar-refractivity contribution in [3.8, 4) is 0 Å². The third kappa shape index (κ3) is 2.87. The molecule has 1 saturated heterocycles. The van der Waals surface area contributed by atoms with E-state index in [4.69, 9.17) is 4.98 Å². The summed E-state index contributed by atoms with van der Waals surface area (Å²) in [5, 5.41) is 15.4. The van der Waals surface area contributed by atoms with Crippen molar-refractivity contribution in [2.45, 2.75) is 77.4 Å². The van der Waals surface area contributed by atoms with E-state index in [0.717, 1.165) is 34.2 Å². The average molecular weight is 362 g/mol. The fraction of sp³-hybridized carbons (Fsp3) is 0.722. The Morgan fingerprint density at radius 2 is 2.12 bits per heavy atom. The van der Waals surface area contributed by atoms with Crippen molar-refractivity contribution in [1.29, 1.82) is 0 Å². The monoisotopic (exact) mass is 362 g/mol. The van der Waals surface area contributed by atoms with Gasteiger partial charge in [-0.25, -0.2) is 9.50 Å². The molecule has 0 spiro atoms. The molecule has 2 aromatic heterocycles. The van der Waals surface area contributed by atoms with Crippen molar-refractivity contribution in [1.82, 2.24) is 19.5 Å². The number of carboxylic acids is 1. The molecule has 3 unspecified atom stereocenters. The number of aromatic nitrogens is 3. The van der Waals surface area contributed by atoms with Gasteiger partial charge in [0.2, 0.25) is 4.96 Å². The highest BCUT2D eigenvalue weighted by molar-refractivity contribution is 7.16. The molecule has 1 aliphatic heterocycles. The smallest absolute Gasteiger partial charge is 0.320 e. The van der Waals surface area contributed by atoms with Crippen LogP contribution >= 0.6 is 11.3 Å². The van der Waals surface area contributed by atoms with Gasteiger partial charge in [-0.15, -0.1) is 0 Å². The maximum Gasteiger partial charge on any atom is 0.320 e. The van der Waals surface area contributed by atoms with E-state index in [1.807, 2.05) is 11.4 Å². The Morgan fingerprint density at radius 3 is 2.84 bits per heavy atom. The number of imidazole rings is 1. The lowest BCUT2D eigenvalue weighted by atomic mass is 9.84. The standard InChI is InChI=1S/C18H26N4O2S/c1-10(2)16-15(22-18(19-16)25-11(3)20-22)9-21-13-7-5-4-6-12(13)8-14(21)17(23)24/h10,12-14H,4-9H2,1-3H3,(H,23,24). The first-order valence-corrected chi connectivity index (χ1v) is 10.1. The Morgan fingerprint density at radius 1 is 1.36 bits per heavy atom. The van der Waals surface area contributed by atoms with E-state index in [-0.39, 0.29) is 6.04 Å². The highest BCUT2D eigenvalue weighted by Gasteiger charge is 2.45. The van der Waals surface area contributed by atoms with Crippen LogP contribution in [0.4, 0.5) is 0 Å². The van der Waals surface area contributed by atoms with E-state index in [0.29, 0.717) is 24.4 Å². The van der Waals surface area contributed by atoms with Gasteiger partial charge in [-0.2, -0.15) is 5.10 Å². The molecule has 6 nitrogen and oxygen atoms in total. The highest BCUT2D eigenvalue weighted by Crippen LogP contribution is 2.41. The number of likely N-dealkylation sites (tertiary alicyclic amines) is 1. The van der Waals surface area contributed by atoms with Gasteiger partial charge < -0.3 is 5.11 Å². The molecule has 2 aromatic rings. The number of hydrogen-bond donors (Lipinski definition) is 1. The van der Waals surface area contributed by atoms with Crippen LogP contribution in [0.2, 0.25) is 0 Å². The molecular formula is C18H26N4O2S. The van der Waals surface area contributed by atoms with Crippen molar-refractivity contribution in [2.24, 2.45) is 5.92 Å². The fourth-order valence-corrected chi connectivity index (χ4v) is 5.48. The third-order valence-corrected chi connectivity index (χ3v) is 6.64. The Labute approximate surface area is 151 Å². The normalized spacial score (nSPS) is 27.3. The van der Waals surface area contributed by atoms with Crippen LogP contribution in [0.25, 0.3) is 4.96 Å². The lowest BCUT2D eigenvalue weighted by molar-refractivity contribution is -0.142. The fourth-order valence-electron chi connectivity index (χ4n) is 4.71. The predicted octanol–water partition coefficient (Wildman–Crippen LogP) is 3.44. The number of carboxylic acid groups (broad SMARTS) is 1. The van der Waals surface area contributed by atoms with E-state index in [9.17, 15) is 9.90 Å². The summed E-state index contributed by atoms with van der Waals surface area (Å²) in [5.41, 5.74) is 2.13. The molecule has 2 fully saturated rings. The topological polar surface area (TPSA) is 70.7 Å². The van der Waals surface area contributed by atoms with Crippen molar-refractivity contribution in [2.75, 3.05) is 0 Å². The van der Waals surface area contributed by atoms with Crippen LogP contribution in [0.5, 0.6) is 0 Å². The summed E-state index contributed by atoms with van der Waals surface area (Å²) in [4.78, 5) is 19.8. The van der Waals surface area contributed by atoms with Gasteiger partial charge >= 0.3 is 5.97 Å². The minimum absolute atomic E-state index is 0.303. The summed E-state index contributed by atoms with van der Waals surface area (Å²) in [6.45, 7) is 6.91. The Kier molecular flexibility index (Phi) is 4.32. The van der Waals surface area contributed by atoms with Gasteiger partial charge in [0, 0.05) is 12.6 Å². The summed E-state index contributed by atoms with van der Waals surface area (Å²) in [7, 11) is 0. The number of nitrogens with zero attached hydrogens (tertiary/aromatic N) is 4. The SMILES string of the molecule is Cc1nn2c(CN3C(C(=O)O)CC4CCCCC43)c(C(C)C)nc2s1. The molecule has 1 N–H and O–H groups in total. The number of carbonyl (C=O) groups is 1. The van der Waals surface area contributed by atoms with Crippen molar-refractivity contribution in [3.63, 3.8) is 0 Å². The number of hydrogen-bond acceptors (Lipinski definition) is 5. The largest absolute Gasteiger partial charge is 0.480 e. The van der Waals surface area contributed by atoms with E-state index in [1.165, 1.54) is 19.3 Å². The molecular weight excluding hydrogens is 336 g/mol. The zero-order valence-corrected chi connectivity index (χ0v) is 15.9. The minimum Gasteiger partial charge on any atom is -0.480 e. The van der Waals surface area contributed by atoms with Gasteiger partial charge in [0.1, 0.15) is 11.0 Å². The summed E-state index contributed by atoms with van der Waals surface area (Å²) >= 11 is 1.60. The van der Waals surface area contributed by atoms with Gasteiger partial charge in [-0.05, 0) is 38.0 Å². The number of rotatable bonds is 4. The van der Waals surface area contributed by atoms with Crippen molar-refractivity contribution in [3.05, 3.63) is 16.4 Å². The van der Waals surface area contributed by atoms with Gasteiger partial charge in [0.05, 0.1) is 11.4 Å². The van der Waals surface area contributed by atoms with E-state index in [2.05, 4.69) is 23.8 Å². The maximum absolute atomic E-state index is 11.9. The molecule has 0 radical (unpaired) electrons. The predicted molar refractivity (Wildman–Crippen MR) is 97.0 cm³/mol. The zero-order chi connectivity index (χ0) is 17.7. The average Bonchev–Trinajstić information content (AvgIpc) is 3.19. The molecule has 7 heteroatoms. The number of aryl methyl sites for hydroxylation is 1. The molecule has 0 bridgehead atoms. The molecule has 4 rings (SSSR count). The van der Waals surface area contributed by atoms with Gasteiger partial charge in [0.25, 0.3) is 0 Å². The van der Waals surface area contributed by atoms with Crippen molar-refractivity contribution >= 4 is 22.3 Å². The Balaban J connectivity index is 1.73. The molecule has 2 aliphatic rings. The summed E-state index contributed by atoms with van der Waals surface area (Å²) in [6, 6.07) is 0.0125. The first-order chi connectivity index (χ1) is 12.0. The van der Waals surface area contributed by atoms with Gasteiger partial charge in [-0.1, -0.05) is 38.0 Å². The van der Waals surface area contributed by atoms with Crippen LogP contribution in [-0.4, -0.2) is 42.7 Å². The molecule has 3 heterocycles. The van der Waals surface area contributed by atoms with Crippen LogP contribution in [0.3, 0.4) is 0 Å². The summed E-state index contributed by atoms with van der Waals surface area (Å²) < 4.78 is 1.95. The highest BCUT2D eigenvalue weighted by atomic mass is 32.1. The minimum atomic E-state index is -0.685. The van der Waals surface area contributed by atoms with Crippen LogP contribution in [-0.2, 0) is 11.3 Å². The lowest BCUT2D eigenvalue weighted by Crippen LogP contribution is -2.42. The van der Waals surface area contributed by atoms with Crippen LogP contribution in [0.15, 0.2) is 0 Å². The molecule has 1 saturated carbocycles. The maximum atomic E-state index is 11.9.